The first-order valence-electron chi connectivity index (χ1n) is 1.72. The van der Waals surface area contributed by atoms with Crippen LogP contribution in [0, 0.1) is 4.84 Å². The minimum Gasteiger partial charge on any atom is -0.355 e. The van der Waals surface area contributed by atoms with Crippen molar-refractivity contribution < 1.29 is 39.8 Å². The Balaban J connectivity index is 0. The number of halogens is 3. The molecule has 0 fully saturated rings. The Bertz CT molecular complexity index is 71.9. The summed E-state index contributed by atoms with van der Waals surface area (Å²) in [6.45, 7) is 0. The second-order valence-electron chi connectivity index (χ2n) is 1.23. The van der Waals surface area contributed by atoms with E-state index in [1.165, 1.54) is 0 Å². The smallest absolute Gasteiger partial charge is 0.355 e. The molecule has 0 heterocycles. The van der Waals surface area contributed by atoms with Gasteiger partial charge in [0.2, 0.25) is 5.25 Å². The van der Waals surface area contributed by atoms with Crippen LogP contribution in [0.5, 0.6) is 0 Å². The zero-order valence-corrected chi connectivity index (χ0v) is 9.00. The molecule has 0 aliphatic heterocycles. The Morgan fingerprint density at radius 2 is 1.67 bits per heavy atom. The van der Waals surface area contributed by atoms with Crippen molar-refractivity contribution in [1.82, 2.24) is 0 Å². The van der Waals surface area contributed by atoms with E-state index >= 15 is 0 Å². The van der Waals surface area contributed by atoms with Crippen LogP contribution in [0.4, 0.5) is 0 Å². The van der Waals surface area contributed by atoms with Crippen molar-refractivity contribution >= 4 is 34.8 Å². The quantitative estimate of drug-likeness (QED) is 0.240. The Hall–Kier alpha value is 1.79. The monoisotopic (exact) mass is 200 g/mol. The third-order valence-corrected chi connectivity index (χ3v) is 0.759. The van der Waals surface area contributed by atoms with E-state index in [-0.39, 0.29) is 40.8 Å². The van der Waals surface area contributed by atoms with Crippen molar-refractivity contribution in [2.75, 3.05) is 0 Å². The van der Waals surface area contributed by atoms with Gasteiger partial charge in [-0.1, -0.05) is 18.0 Å². The molecule has 0 atom stereocenters. The molecule has 50 valence electrons. The van der Waals surface area contributed by atoms with Crippen molar-refractivity contribution in [3.8, 4) is 0 Å². The minimum absolute atomic E-state index is 0. The number of hydrogen-bond donors (Lipinski definition) is 2. The van der Waals surface area contributed by atoms with Gasteiger partial charge in [-0.05, 0) is 0 Å². The molecule has 9 heavy (non-hydrogen) atoms. The fourth-order valence-electron chi connectivity index (χ4n) is 0.170. The minimum atomic E-state index is -2.31. The van der Waals surface area contributed by atoms with Crippen LogP contribution in [-0.2, 0) is 0 Å². The molecule has 0 unspecified atom stereocenters. The van der Waals surface area contributed by atoms with Gasteiger partial charge in [0.05, 0.1) is 0 Å². The second-order valence-corrected chi connectivity index (χ2v) is 2.95. The standard InChI is InChI=1S/C3H4Cl3O2.Na/c4-2(5)1-3(6,7)8;/h7-8H,1H2;/q-1;+1. The van der Waals surface area contributed by atoms with Gasteiger partial charge in [-0.3, -0.25) is 0 Å². The summed E-state index contributed by atoms with van der Waals surface area (Å²) in [6.07, 6.45) is -0.350. The molecule has 0 radical (unpaired) electrons. The number of rotatable bonds is 2. The molecule has 0 spiro atoms. The Morgan fingerprint density at radius 3 is 1.67 bits per heavy atom. The molecule has 2 N–H and O–H groups in total. The molecule has 0 aliphatic carbocycles. The molecule has 0 aromatic rings. The van der Waals surface area contributed by atoms with Crippen molar-refractivity contribution in [1.29, 1.82) is 0 Å². The average molecular weight is 201 g/mol. The van der Waals surface area contributed by atoms with Crippen LogP contribution < -0.4 is 29.6 Å². The van der Waals surface area contributed by atoms with E-state index in [1.54, 1.807) is 0 Å². The van der Waals surface area contributed by atoms with Gasteiger partial charge in [-0.2, -0.15) is 0 Å². The van der Waals surface area contributed by atoms with E-state index < -0.39 is 5.25 Å². The van der Waals surface area contributed by atoms with Gasteiger partial charge in [0, 0.05) is 0 Å². The predicted molar refractivity (Wildman–Crippen MR) is 32.6 cm³/mol. The molecule has 2 nitrogen and oxygen atoms in total. The zero-order valence-electron chi connectivity index (χ0n) is 4.74. The summed E-state index contributed by atoms with van der Waals surface area (Å²) < 4.78 is 0. The maximum Gasteiger partial charge on any atom is 1.00 e. The fourth-order valence-corrected chi connectivity index (χ4v) is 0.813. The van der Waals surface area contributed by atoms with Gasteiger partial charge >= 0.3 is 29.6 Å². The first-order chi connectivity index (χ1) is 3.42. The zero-order chi connectivity index (χ0) is 6.78. The first kappa shape index (κ1) is 13.4. The third kappa shape index (κ3) is 12.9. The molecule has 0 saturated heterocycles. The van der Waals surface area contributed by atoms with Gasteiger partial charge in [-0.25, -0.2) is 0 Å². The molecule has 6 heteroatoms. The average Bonchev–Trinajstić information content (AvgIpc) is 1.21. The Labute approximate surface area is 90.4 Å². The summed E-state index contributed by atoms with van der Waals surface area (Å²) in [4.78, 5) is -0.162. The van der Waals surface area contributed by atoms with Crippen molar-refractivity contribution in [2.24, 2.45) is 0 Å². The molecule has 0 aromatic carbocycles. The van der Waals surface area contributed by atoms with E-state index in [9.17, 15) is 0 Å². The molecular formula is C3H4Cl3NaO2. The van der Waals surface area contributed by atoms with Gasteiger partial charge in [0.15, 0.2) is 0 Å². The summed E-state index contributed by atoms with van der Waals surface area (Å²) in [6, 6.07) is 0. The molecule has 0 aromatic heterocycles. The summed E-state index contributed by atoms with van der Waals surface area (Å²) in [5.74, 6) is 0. The van der Waals surface area contributed by atoms with Crippen molar-refractivity contribution in [3.05, 3.63) is 4.84 Å². The van der Waals surface area contributed by atoms with E-state index in [2.05, 4.69) is 0 Å². The fraction of sp³-hybridized carbons (Fsp3) is 0.667. The molecule has 0 aliphatic rings. The maximum absolute atomic E-state index is 8.32. The van der Waals surface area contributed by atoms with Crippen LogP contribution in [0.15, 0.2) is 0 Å². The van der Waals surface area contributed by atoms with Gasteiger partial charge in [0.25, 0.3) is 0 Å². The molecule has 0 saturated carbocycles. The van der Waals surface area contributed by atoms with E-state index in [1.807, 2.05) is 0 Å². The maximum atomic E-state index is 8.32. The molecule has 0 rings (SSSR count). The Morgan fingerprint density at radius 1 is 1.33 bits per heavy atom. The largest absolute Gasteiger partial charge is 1.00 e. The van der Waals surface area contributed by atoms with Crippen molar-refractivity contribution in [2.45, 2.75) is 11.7 Å². The second kappa shape index (κ2) is 5.44. The predicted octanol–water partition coefficient (Wildman–Crippen LogP) is -1.78. The number of alkyl halides is 1. The van der Waals surface area contributed by atoms with Crippen molar-refractivity contribution in [3.63, 3.8) is 0 Å². The van der Waals surface area contributed by atoms with E-state index in [4.69, 9.17) is 45.0 Å². The van der Waals surface area contributed by atoms with Crippen LogP contribution in [0.2, 0.25) is 0 Å². The third-order valence-electron chi connectivity index (χ3n) is 0.359. The first-order valence-corrected chi connectivity index (χ1v) is 2.86. The number of hydrogen-bond acceptors (Lipinski definition) is 2. The van der Waals surface area contributed by atoms with Gasteiger partial charge in [0.1, 0.15) is 0 Å². The van der Waals surface area contributed by atoms with Crippen LogP contribution in [0.25, 0.3) is 0 Å². The van der Waals surface area contributed by atoms with Crippen LogP contribution in [-0.4, -0.2) is 15.5 Å². The summed E-state index contributed by atoms with van der Waals surface area (Å²) in [7, 11) is 0. The molecule has 0 bridgehead atoms. The van der Waals surface area contributed by atoms with E-state index in [0.717, 1.165) is 0 Å². The SMILES string of the molecule is OC(O)(Cl)C[C-](Cl)Cl.[Na+]. The van der Waals surface area contributed by atoms with Crippen LogP contribution in [0.1, 0.15) is 6.42 Å². The molecule has 0 amide bonds. The van der Waals surface area contributed by atoms with E-state index in [0.29, 0.717) is 0 Å². The Kier molecular flexibility index (Phi) is 8.09. The summed E-state index contributed by atoms with van der Waals surface area (Å²) in [5, 5.41) is 14.3. The molecular weight excluding hydrogens is 197 g/mol. The summed E-state index contributed by atoms with van der Waals surface area (Å²) in [5.41, 5.74) is 0. The normalized spacial score (nSPS) is 11.3. The number of aliphatic hydroxyl groups is 2. The van der Waals surface area contributed by atoms with Crippen LogP contribution >= 0.6 is 34.8 Å². The van der Waals surface area contributed by atoms with Gasteiger partial charge < -0.3 is 33.4 Å². The van der Waals surface area contributed by atoms with Crippen LogP contribution in [0.3, 0.4) is 0 Å². The van der Waals surface area contributed by atoms with Gasteiger partial charge in [-0.15, -0.1) is 4.84 Å². The summed E-state index contributed by atoms with van der Waals surface area (Å²) >= 11 is 14.9. The topological polar surface area (TPSA) is 40.5 Å².